The monoisotopic (exact) mass is 224 g/mol. The molecule has 0 radical (unpaired) electrons. The molecule has 2 unspecified atom stereocenters. The van der Waals surface area contributed by atoms with Crippen LogP contribution in [0.15, 0.2) is 23.8 Å². The van der Waals surface area contributed by atoms with E-state index in [4.69, 9.17) is 9.47 Å². The van der Waals surface area contributed by atoms with Crippen molar-refractivity contribution in [1.82, 2.24) is 0 Å². The van der Waals surface area contributed by atoms with Crippen molar-refractivity contribution >= 4 is 5.97 Å². The van der Waals surface area contributed by atoms with Crippen LogP contribution in [0.1, 0.15) is 33.6 Å². The first kappa shape index (κ1) is 13.0. The topological polar surface area (TPSA) is 35.5 Å². The van der Waals surface area contributed by atoms with Crippen LogP contribution in [0.3, 0.4) is 0 Å². The Kier molecular flexibility index (Phi) is 4.74. The summed E-state index contributed by atoms with van der Waals surface area (Å²) in [5, 5.41) is 0. The Morgan fingerprint density at radius 1 is 1.56 bits per heavy atom. The molecule has 0 amide bonds. The summed E-state index contributed by atoms with van der Waals surface area (Å²) < 4.78 is 10.3. The van der Waals surface area contributed by atoms with E-state index < -0.39 is 0 Å². The van der Waals surface area contributed by atoms with E-state index in [1.807, 2.05) is 13.8 Å². The van der Waals surface area contributed by atoms with Crippen molar-refractivity contribution in [3.05, 3.63) is 23.8 Å². The SMILES string of the molecule is C=C(C)C1CC=C(C)C(OCOC(C)=O)C1. The molecule has 0 saturated heterocycles. The van der Waals surface area contributed by atoms with Crippen molar-refractivity contribution in [2.45, 2.75) is 39.7 Å². The smallest absolute Gasteiger partial charge is 0.304 e. The van der Waals surface area contributed by atoms with Crippen molar-refractivity contribution in [1.29, 1.82) is 0 Å². The molecule has 0 aromatic carbocycles. The molecule has 16 heavy (non-hydrogen) atoms. The molecule has 0 N–H and O–H groups in total. The van der Waals surface area contributed by atoms with Crippen molar-refractivity contribution in [2.75, 3.05) is 6.79 Å². The highest BCUT2D eigenvalue weighted by Gasteiger charge is 2.23. The first-order valence-corrected chi connectivity index (χ1v) is 5.57. The van der Waals surface area contributed by atoms with Crippen LogP contribution in [0.5, 0.6) is 0 Å². The summed E-state index contributed by atoms with van der Waals surface area (Å²) in [4.78, 5) is 10.6. The van der Waals surface area contributed by atoms with Crippen molar-refractivity contribution in [3.63, 3.8) is 0 Å². The molecule has 1 aliphatic rings. The van der Waals surface area contributed by atoms with E-state index in [9.17, 15) is 4.79 Å². The maximum absolute atomic E-state index is 10.6. The van der Waals surface area contributed by atoms with Crippen molar-refractivity contribution in [2.24, 2.45) is 5.92 Å². The van der Waals surface area contributed by atoms with Crippen LogP contribution in [0.2, 0.25) is 0 Å². The van der Waals surface area contributed by atoms with Crippen LogP contribution in [-0.4, -0.2) is 18.9 Å². The number of allylic oxidation sites excluding steroid dienone is 2. The highest BCUT2D eigenvalue weighted by molar-refractivity contribution is 5.65. The molecule has 0 aliphatic heterocycles. The Balaban J connectivity index is 2.45. The molecule has 3 nitrogen and oxygen atoms in total. The Hall–Kier alpha value is -1.09. The number of esters is 1. The van der Waals surface area contributed by atoms with E-state index in [0.717, 1.165) is 12.8 Å². The lowest BCUT2D eigenvalue weighted by molar-refractivity contribution is -0.157. The molecule has 2 atom stereocenters. The molecule has 3 heteroatoms. The summed E-state index contributed by atoms with van der Waals surface area (Å²) in [6.45, 7) is 9.48. The zero-order chi connectivity index (χ0) is 12.1. The standard InChI is InChI=1S/C13H20O3/c1-9(2)12-6-5-10(3)13(7-12)16-8-15-11(4)14/h5,12-13H,1,6-8H2,2-4H3. The Bertz CT molecular complexity index is 304. The first-order valence-electron chi connectivity index (χ1n) is 5.57. The molecular weight excluding hydrogens is 204 g/mol. The zero-order valence-electron chi connectivity index (χ0n) is 10.3. The van der Waals surface area contributed by atoms with Gasteiger partial charge in [0.2, 0.25) is 0 Å². The van der Waals surface area contributed by atoms with Gasteiger partial charge in [0.15, 0.2) is 6.79 Å². The second-order valence-electron chi connectivity index (χ2n) is 4.37. The van der Waals surface area contributed by atoms with Gasteiger partial charge in [-0.1, -0.05) is 18.2 Å². The lowest BCUT2D eigenvalue weighted by Crippen LogP contribution is -2.24. The zero-order valence-corrected chi connectivity index (χ0v) is 10.3. The Labute approximate surface area is 97.1 Å². The van der Waals surface area contributed by atoms with Gasteiger partial charge < -0.3 is 9.47 Å². The minimum atomic E-state index is -0.311. The normalized spacial score (nSPS) is 24.8. The van der Waals surface area contributed by atoms with Gasteiger partial charge in [-0.3, -0.25) is 4.79 Å². The Morgan fingerprint density at radius 2 is 2.25 bits per heavy atom. The summed E-state index contributed by atoms with van der Waals surface area (Å²) in [5.41, 5.74) is 2.40. The second-order valence-corrected chi connectivity index (χ2v) is 4.37. The number of hydrogen-bond donors (Lipinski definition) is 0. The molecule has 0 fully saturated rings. The summed E-state index contributed by atoms with van der Waals surface area (Å²) in [6, 6.07) is 0. The number of carbonyl (C=O) groups excluding carboxylic acids is 1. The molecule has 0 heterocycles. The molecule has 0 aromatic heterocycles. The fraction of sp³-hybridized carbons (Fsp3) is 0.615. The average molecular weight is 224 g/mol. The van der Waals surface area contributed by atoms with Gasteiger partial charge in [-0.05, 0) is 38.2 Å². The van der Waals surface area contributed by atoms with Gasteiger partial charge in [0.1, 0.15) is 0 Å². The van der Waals surface area contributed by atoms with Crippen LogP contribution < -0.4 is 0 Å². The number of ether oxygens (including phenoxy) is 2. The maximum Gasteiger partial charge on any atom is 0.304 e. The van der Waals surface area contributed by atoms with Gasteiger partial charge in [-0.2, -0.15) is 0 Å². The first-order chi connectivity index (χ1) is 7.50. The minimum absolute atomic E-state index is 0.0358. The molecule has 0 bridgehead atoms. The van der Waals surface area contributed by atoms with Crippen LogP contribution in [-0.2, 0) is 14.3 Å². The van der Waals surface area contributed by atoms with E-state index in [2.05, 4.69) is 12.7 Å². The van der Waals surface area contributed by atoms with Crippen molar-refractivity contribution < 1.29 is 14.3 Å². The van der Waals surface area contributed by atoms with Gasteiger partial charge in [0, 0.05) is 6.92 Å². The van der Waals surface area contributed by atoms with E-state index in [1.165, 1.54) is 18.1 Å². The highest BCUT2D eigenvalue weighted by atomic mass is 16.7. The lowest BCUT2D eigenvalue weighted by Gasteiger charge is -2.28. The van der Waals surface area contributed by atoms with E-state index in [1.54, 1.807) is 0 Å². The minimum Gasteiger partial charge on any atom is -0.439 e. The van der Waals surface area contributed by atoms with Gasteiger partial charge in [0.05, 0.1) is 6.10 Å². The third kappa shape index (κ3) is 3.81. The summed E-state index contributed by atoms with van der Waals surface area (Å²) >= 11 is 0. The summed E-state index contributed by atoms with van der Waals surface area (Å²) in [6.07, 6.45) is 4.20. The van der Waals surface area contributed by atoms with E-state index >= 15 is 0 Å². The third-order valence-corrected chi connectivity index (χ3v) is 2.96. The maximum atomic E-state index is 10.6. The molecule has 90 valence electrons. The van der Waals surface area contributed by atoms with Gasteiger partial charge in [-0.25, -0.2) is 0 Å². The largest absolute Gasteiger partial charge is 0.439 e. The molecule has 1 aliphatic carbocycles. The third-order valence-electron chi connectivity index (χ3n) is 2.96. The molecule has 0 aromatic rings. The number of carbonyl (C=O) groups is 1. The van der Waals surface area contributed by atoms with Gasteiger partial charge >= 0.3 is 5.97 Å². The van der Waals surface area contributed by atoms with Gasteiger partial charge in [-0.15, -0.1) is 0 Å². The number of hydrogen-bond acceptors (Lipinski definition) is 3. The predicted octanol–water partition coefficient (Wildman–Crippen LogP) is 2.82. The number of rotatable bonds is 4. The van der Waals surface area contributed by atoms with Crippen LogP contribution in [0, 0.1) is 5.92 Å². The average Bonchev–Trinajstić information content (AvgIpc) is 2.20. The van der Waals surface area contributed by atoms with Crippen LogP contribution in [0.4, 0.5) is 0 Å². The lowest BCUT2D eigenvalue weighted by atomic mass is 9.84. The highest BCUT2D eigenvalue weighted by Crippen LogP contribution is 2.30. The Morgan fingerprint density at radius 3 is 2.81 bits per heavy atom. The predicted molar refractivity (Wildman–Crippen MR) is 62.8 cm³/mol. The fourth-order valence-electron chi connectivity index (χ4n) is 1.80. The second kappa shape index (κ2) is 5.85. The summed E-state index contributed by atoms with van der Waals surface area (Å²) in [7, 11) is 0. The molecule has 0 spiro atoms. The molecule has 0 saturated carbocycles. The summed E-state index contributed by atoms with van der Waals surface area (Å²) in [5.74, 6) is 0.167. The van der Waals surface area contributed by atoms with E-state index in [0.29, 0.717) is 5.92 Å². The molecular formula is C13H20O3. The molecule has 1 rings (SSSR count). The van der Waals surface area contributed by atoms with Crippen LogP contribution in [0.25, 0.3) is 0 Å². The van der Waals surface area contributed by atoms with Crippen molar-refractivity contribution in [3.8, 4) is 0 Å². The van der Waals surface area contributed by atoms with E-state index in [-0.39, 0.29) is 18.9 Å². The fourth-order valence-corrected chi connectivity index (χ4v) is 1.80. The van der Waals surface area contributed by atoms with Gasteiger partial charge in [0.25, 0.3) is 0 Å². The van der Waals surface area contributed by atoms with Crippen LogP contribution >= 0.6 is 0 Å². The quantitative estimate of drug-likeness (QED) is 0.418.